The zero-order valence-electron chi connectivity index (χ0n) is 10.5. The SMILES string of the molecule is Cc1nccc(C(NN)c2cnccc2C(F)(F)F)n1. The van der Waals surface area contributed by atoms with E-state index in [1.54, 1.807) is 6.92 Å². The van der Waals surface area contributed by atoms with E-state index in [4.69, 9.17) is 5.84 Å². The van der Waals surface area contributed by atoms with Crippen LogP contribution in [0.2, 0.25) is 0 Å². The van der Waals surface area contributed by atoms with Crippen LogP contribution in [0.5, 0.6) is 0 Å². The molecular formula is C12H12F3N5. The van der Waals surface area contributed by atoms with Crippen molar-refractivity contribution in [3.8, 4) is 0 Å². The lowest BCUT2D eigenvalue weighted by atomic mass is 10.00. The molecule has 0 aromatic carbocycles. The number of nitrogens with one attached hydrogen (secondary N) is 1. The Morgan fingerprint density at radius 1 is 1.25 bits per heavy atom. The molecule has 0 aliphatic heterocycles. The molecule has 0 aliphatic rings. The minimum atomic E-state index is -4.49. The van der Waals surface area contributed by atoms with Crippen molar-refractivity contribution in [2.24, 2.45) is 5.84 Å². The molecule has 1 atom stereocenters. The number of halogens is 3. The maximum Gasteiger partial charge on any atom is 0.416 e. The first kappa shape index (κ1) is 14.4. The summed E-state index contributed by atoms with van der Waals surface area (Å²) in [7, 11) is 0. The highest BCUT2D eigenvalue weighted by atomic mass is 19.4. The highest BCUT2D eigenvalue weighted by Crippen LogP contribution is 2.35. The smallest absolute Gasteiger partial charge is 0.271 e. The van der Waals surface area contributed by atoms with Crippen molar-refractivity contribution in [3.05, 3.63) is 53.4 Å². The Morgan fingerprint density at radius 3 is 2.60 bits per heavy atom. The van der Waals surface area contributed by atoms with Gasteiger partial charge in [-0.1, -0.05) is 0 Å². The molecule has 0 fully saturated rings. The summed E-state index contributed by atoms with van der Waals surface area (Å²) in [6.07, 6.45) is -0.809. The van der Waals surface area contributed by atoms with Crippen molar-refractivity contribution >= 4 is 0 Å². The van der Waals surface area contributed by atoms with Crippen molar-refractivity contribution in [2.75, 3.05) is 0 Å². The second-order valence-electron chi connectivity index (χ2n) is 4.09. The quantitative estimate of drug-likeness (QED) is 0.663. The van der Waals surface area contributed by atoms with Gasteiger partial charge in [0, 0.05) is 24.2 Å². The van der Waals surface area contributed by atoms with Gasteiger partial charge in [0.2, 0.25) is 0 Å². The molecule has 106 valence electrons. The summed E-state index contributed by atoms with van der Waals surface area (Å²) in [5.74, 6) is 5.84. The first-order chi connectivity index (χ1) is 9.43. The van der Waals surface area contributed by atoms with E-state index in [2.05, 4.69) is 20.4 Å². The number of pyridine rings is 1. The zero-order chi connectivity index (χ0) is 14.8. The predicted octanol–water partition coefficient (Wildman–Crippen LogP) is 1.75. The van der Waals surface area contributed by atoms with Gasteiger partial charge in [-0.2, -0.15) is 13.2 Å². The second kappa shape index (κ2) is 5.51. The van der Waals surface area contributed by atoms with Crippen molar-refractivity contribution in [2.45, 2.75) is 19.1 Å². The minimum Gasteiger partial charge on any atom is -0.271 e. The summed E-state index contributed by atoms with van der Waals surface area (Å²) < 4.78 is 39.0. The Labute approximate surface area is 113 Å². The Morgan fingerprint density at radius 2 is 2.00 bits per heavy atom. The third-order valence-electron chi connectivity index (χ3n) is 2.73. The molecule has 3 N–H and O–H groups in total. The summed E-state index contributed by atoms with van der Waals surface area (Å²) in [6.45, 7) is 1.64. The van der Waals surface area contributed by atoms with Gasteiger partial charge in [-0.25, -0.2) is 15.4 Å². The van der Waals surface area contributed by atoms with E-state index in [-0.39, 0.29) is 5.56 Å². The van der Waals surface area contributed by atoms with Crippen LogP contribution in [0.3, 0.4) is 0 Å². The summed E-state index contributed by atoms with van der Waals surface area (Å²) in [6, 6.07) is 1.50. The van der Waals surface area contributed by atoms with Gasteiger partial charge in [0.25, 0.3) is 0 Å². The van der Waals surface area contributed by atoms with Crippen molar-refractivity contribution in [3.63, 3.8) is 0 Å². The number of aromatic nitrogens is 3. The van der Waals surface area contributed by atoms with Gasteiger partial charge in [-0.05, 0) is 19.1 Å². The van der Waals surface area contributed by atoms with Crippen LogP contribution in [0.1, 0.15) is 28.7 Å². The molecule has 2 rings (SSSR count). The molecule has 5 nitrogen and oxygen atoms in total. The largest absolute Gasteiger partial charge is 0.416 e. The molecule has 1 unspecified atom stereocenters. The van der Waals surface area contributed by atoms with Crippen molar-refractivity contribution in [1.29, 1.82) is 0 Å². The number of nitrogens with zero attached hydrogens (tertiary/aromatic N) is 3. The van der Waals surface area contributed by atoms with E-state index in [1.807, 2.05) is 0 Å². The van der Waals surface area contributed by atoms with E-state index >= 15 is 0 Å². The first-order valence-electron chi connectivity index (χ1n) is 5.70. The van der Waals surface area contributed by atoms with E-state index in [1.165, 1.54) is 12.3 Å². The molecule has 2 aromatic heterocycles. The van der Waals surface area contributed by atoms with Crippen LogP contribution < -0.4 is 11.3 Å². The molecule has 0 radical (unpaired) electrons. The van der Waals surface area contributed by atoms with Crippen LogP contribution >= 0.6 is 0 Å². The zero-order valence-corrected chi connectivity index (χ0v) is 10.5. The van der Waals surface area contributed by atoms with Gasteiger partial charge >= 0.3 is 6.18 Å². The monoisotopic (exact) mass is 283 g/mol. The first-order valence-corrected chi connectivity index (χ1v) is 5.70. The number of nitrogens with two attached hydrogens (primary N) is 1. The lowest BCUT2D eigenvalue weighted by molar-refractivity contribution is -0.138. The van der Waals surface area contributed by atoms with Gasteiger partial charge in [0.1, 0.15) is 5.82 Å². The predicted molar refractivity (Wildman–Crippen MR) is 65.2 cm³/mol. The maximum absolute atomic E-state index is 13.0. The fourth-order valence-electron chi connectivity index (χ4n) is 1.86. The number of hydrogen-bond acceptors (Lipinski definition) is 5. The number of rotatable bonds is 3. The minimum absolute atomic E-state index is 0.0828. The van der Waals surface area contributed by atoms with Crippen LogP contribution in [0.25, 0.3) is 0 Å². The number of hydrazine groups is 1. The average Bonchev–Trinajstić information content (AvgIpc) is 2.39. The van der Waals surface area contributed by atoms with Crippen LogP contribution in [-0.4, -0.2) is 15.0 Å². The van der Waals surface area contributed by atoms with E-state index in [0.717, 1.165) is 18.5 Å². The van der Waals surface area contributed by atoms with Crippen LogP contribution in [0.15, 0.2) is 30.7 Å². The highest BCUT2D eigenvalue weighted by molar-refractivity contribution is 5.34. The number of alkyl halides is 3. The lowest BCUT2D eigenvalue weighted by Gasteiger charge is -2.20. The summed E-state index contributed by atoms with van der Waals surface area (Å²) in [5, 5.41) is 0. The van der Waals surface area contributed by atoms with Crippen LogP contribution in [0, 0.1) is 6.92 Å². The molecule has 2 aromatic rings. The maximum atomic E-state index is 13.0. The van der Waals surface area contributed by atoms with E-state index < -0.39 is 17.8 Å². The topological polar surface area (TPSA) is 76.7 Å². The van der Waals surface area contributed by atoms with Gasteiger partial charge in [-0.15, -0.1) is 0 Å². The molecule has 0 amide bonds. The van der Waals surface area contributed by atoms with Crippen molar-refractivity contribution < 1.29 is 13.2 Å². The van der Waals surface area contributed by atoms with Gasteiger partial charge in [-0.3, -0.25) is 10.8 Å². The van der Waals surface area contributed by atoms with Crippen LogP contribution in [-0.2, 0) is 6.18 Å². The molecule has 8 heteroatoms. The fourth-order valence-corrected chi connectivity index (χ4v) is 1.86. The molecule has 0 saturated carbocycles. The molecule has 20 heavy (non-hydrogen) atoms. The highest BCUT2D eigenvalue weighted by Gasteiger charge is 2.35. The molecule has 0 spiro atoms. The Balaban J connectivity index is 2.53. The Bertz CT molecular complexity index is 600. The van der Waals surface area contributed by atoms with E-state index in [0.29, 0.717) is 11.5 Å². The van der Waals surface area contributed by atoms with Gasteiger partial charge < -0.3 is 0 Å². The standard InChI is InChI=1S/C12H12F3N5/c1-7-18-5-3-10(19-7)11(20-16)8-6-17-4-2-9(8)12(13,14)15/h2-6,11,20H,16H2,1H3. The number of aryl methyl sites for hydroxylation is 1. The Hall–Kier alpha value is -2.06. The lowest BCUT2D eigenvalue weighted by Crippen LogP contribution is -2.31. The summed E-state index contributed by atoms with van der Waals surface area (Å²) in [5.41, 5.74) is 1.81. The molecule has 0 aliphatic carbocycles. The molecular weight excluding hydrogens is 271 g/mol. The van der Waals surface area contributed by atoms with Gasteiger partial charge in [0.05, 0.1) is 17.3 Å². The number of hydrogen-bond donors (Lipinski definition) is 2. The summed E-state index contributed by atoms with van der Waals surface area (Å²) in [4.78, 5) is 11.7. The van der Waals surface area contributed by atoms with Gasteiger partial charge in [0.15, 0.2) is 0 Å². The second-order valence-corrected chi connectivity index (χ2v) is 4.09. The molecule has 0 saturated heterocycles. The average molecular weight is 283 g/mol. The molecule has 0 bridgehead atoms. The van der Waals surface area contributed by atoms with Crippen LogP contribution in [0.4, 0.5) is 13.2 Å². The van der Waals surface area contributed by atoms with Crippen molar-refractivity contribution in [1.82, 2.24) is 20.4 Å². The normalized spacial score (nSPS) is 13.2. The third kappa shape index (κ3) is 2.91. The molecule has 2 heterocycles. The third-order valence-corrected chi connectivity index (χ3v) is 2.73. The Kier molecular flexibility index (Phi) is 3.96. The summed E-state index contributed by atoms with van der Waals surface area (Å²) >= 11 is 0. The fraction of sp³-hybridized carbons (Fsp3) is 0.250. The van der Waals surface area contributed by atoms with E-state index in [9.17, 15) is 13.2 Å².